The molecular weight excluding hydrogens is 292 g/mol. The van der Waals surface area contributed by atoms with Gasteiger partial charge in [-0.1, -0.05) is 31.2 Å². The summed E-state index contributed by atoms with van der Waals surface area (Å²) in [5.41, 5.74) is 4.30. The highest BCUT2D eigenvalue weighted by molar-refractivity contribution is 7.80. The van der Waals surface area contributed by atoms with Gasteiger partial charge in [0.15, 0.2) is 5.11 Å². The Morgan fingerprint density at radius 2 is 1.82 bits per heavy atom. The van der Waals surface area contributed by atoms with Crippen LogP contribution in [0.15, 0.2) is 48.5 Å². The molecule has 0 saturated carbocycles. The molecule has 2 aromatic rings. The zero-order chi connectivity index (χ0) is 15.5. The molecule has 2 N–H and O–H groups in total. The highest BCUT2D eigenvalue weighted by Crippen LogP contribution is 2.28. The van der Waals surface area contributed by atoms with Crippen molar-refractivity contribution in [3.05, 3.63) is 65.2 Å². The van der Waals surface area contributed by atoms with Gasteiger partial charge in [0.25, 0.3) is 5.91 Å². The van der Waals surface area contributed by atoms with Crippen molar-refractivity contribution >= 4 is 28.9 Å². The van der Waals surface area contributed by atoms with Crippen LogP contribution in [0.25, 0.3) is 0 Å². The summed E-state index contributed by atoms with van der Waals surface area (Å²) in [6.45, 7) is 2.26. The van der Waals surface area contributed by atoms with E-state index in [9.17, 15) is 4.79 Å². The van der Waals surface area contributed by atoms with Crippen LogP contribution < -0.4 is 10.6 Å². The monoisotopic (exact) mass is 310 g/mol. The van der Waals surface area contributed by atoms with E-state index in [1.165, 1.54) is 11.1 Å². The molecule has 1 atom stereocenters. The minimum atomic E-state index is -0.201. The zero-order valence-corrected chi connectivity index (χ0v) is 13.2. The highest BCUT2D eigenvalue weighted by Gasteiger charge is 2.17. The number of rotatable bonds is 2. The van der Waals surface area contributed by atoms with Crippen LogP contribution in [0.4, 0.5) is 5.69 Å². The van der Waals surface area contributed by atoms with Crippen LogP contribution in [-0.2, 0) is 12.8 Å². The van der Waals surface area contributed by atoms with Crippen molar-refractivity contribution < 1.29 is 4.79 Å². The molecule has 1 unspecified atom stereocenters. The summed E-state index contributed by atoms with van der Waals surface area (Å²) in [5.74, 6) is 0.503. The molecular formula is C18H18N2OS. The first-order valence-electron chi connectivity index (χ1n) is 7.41. The molecule has 0 heterocycles. The summed E-state index contributed by atoms with van der Waals surface area (Å²) in [5, 5.41) is 6.11. The second kappa shape index (κ2) is 6.28. The number of carbonyl (C=O) groups excluding carboxylic acids is 1. The lowest BCUT2D eigenvalue weighted by Crippen LogP contribution is -2.34. The van der Waals surface area contributed by atoms with E-state index in [-0.39, 0.29) is 5.91 Å². The number of carbonyl (C=O) groups is 1. The second-order valence-corrected chi connectivity index (χ2v) is 6.18. The Hall–Kier alpha value is -2.20. The Labute approximate surface area is 135 Å². The van der Waals surface area contributed by atoms with Gasteiger partial charge >= 0.3 is 0 Å². The van der Waals surface area contributed by atoms with Crippen LogP contribution in [0, 0.1) is 5.92 Å². The van der Waals surface area contributed by atoms with Gasteiger partial charge in [-0.2, -0.15) is 0 Å². The molecule has 0 saturated heterocycles. The van der Waals surface area contributed by atoms with Gasteiger partial charge in [-0.25, -0.2) is 0 Å². The lowest BCUT2D eigenvalue weighted by atomic mass is 10.1. The van der Waals surface area contributed by atoms with Crippen LogP contribution in [-0.4, -0.2) is 11.0 Å². The Balaban J connectivity index is 1.63. The first-order valence-corrected chi connectivity index (χ1v) is 7.82. The zero-order valence-electron chi connectivity index (χ0n) is 12.4. The highest BCUT2D eigenvalue weighted by atomic mass is 32.1. The maximum atomic E-state index is 12.0. The minimum absolute atomic E-state index is 0.201. The molecule has 3 rings (SSSR count). The maximum Gasteiger partial charge on any atom is 0.257 e. The number of amides is 1. The van der Waals surface area contributed by atoms with E-state index in [1.807, 2.05) is 24.3 Å². The number of hydrogen-bond donors (Lipinski definition) is 2. The van der Waals surface area contributed by atoms with E-state index in [4.69, 9.17) is 12.2 Å². The van der Waals surface area contributed by atoms with Gasteiger partial charge in [-0.3, -0.25) is 10.1 Å². The average Bonchev–Trinajstić information content (AvgIpc) is 2.87. The van der Waals surface area contributed by atoms with Gasteiger partial charge in [0.05, 0.1) is 0 Å². The van der Waals surface area contributed by atoms with Crippen molar-refractivity contribution in [3.8, 4) is 0 Å². The fourth-order valence-electron chi connectivity index (χ4n) is 2.84. The normalized spacial score (nSPS) is 16.0. The molecule has 0 bridgehead atoms. The largest absolute Gasteiger partial charge is 0.332 e. The van der Waals surface area contributed by atoms with Crippen molar-refractivity contribution in [3.63, 3.8) is 0 Å². The van der Waals surface area contributed by atoms with Crippen molar-refractivity contribution in [2.45, 2.75) is 19.8 Å². The maximum absolute atomic E-state index is 12.0. The molecule has 1 aliphatic rings. The van der Waals surface area contributed by atoms with Crippen molar-refractivity contribution in [2.75, 3.05) is 5.32 Å². The molecule has 2 aromatic carbocycles. The van der Waals surface area contributed by atoms with Gasteiger partial charge in [0, 0.05) is 11.3 Å². The molecule has 1 aliphatic carbocycles. The Morgan fingerprint density at radius 3 is 2.59 bits per heavy atom. The molecule has 0 fully saturated rings. The molecule has 112 valence electrons. The third-order valence-corrected chi connectivity index (χ3v) is 4.07. The lowest BCUT2D eigenvalue weighted by Gasteiger charge is -2.11. The molecule has 1 amide bonds. The lowest BCUT2D eigenvalue weighted by molar-refractivity contribution is 0.0978. The SMILES string of the molecule is CC1Cc2ccc(NC(=S)NC(=O)c3ccccc3)cc2C1. The predicted octanol–water partition coefficient (Wildman–Crippen LogP) is 3.55. The van der Waals surface area contributed by atoms with Gasteiger partial charge in [-0.15, -0.1) is 0 Å². The average molecular weight is 310 g/mol. The summed E-state index contributed by atoms with van der Waals surface area (Å²) in [6, 6.07) is 15.3. The number of benzene rings is 2. The summed E-state index contributed by atoms with van der Waals surface area (Å²) in [7, 11) is 0. The van der Waals surface area contributed by atoms with Crippen LogP contribution >= 0.6 is 12.2 Å². The Kier molecular flexibility index (Phi) is 4.20. The number of anilines is 1. The molecule has 0 spiro atoms. The quantitative estimate of drug-likeness (QED) is 0.834. The third-order valence-electron chi connectivity index (χ3n) is 3.86. The molecule has 0 aromatic heterocycles. The first kappa shape index (κ1) is 14.7. The fraction of sp³-hybridized carbons (Fsp3) is 0.222. The topological polar surface area (TPSA) is 41.1 Å². The molecule has 0 aliphatic heterocycles. The van der Waals surface area contributed by atoms with Crippen molar-refractivity contribution in [1.29, 1.82) is 0 Å². The fourth-order valence-corrected chi connectivity index (χ4v) is 3.05. The first-order chi connectivity index (χ1) is 10.6. The number of thiocarbonyl (C=S) groups is 1. The summed E-state index contributed by atoms with van der Waals surface area (Å²) in [4.78, 5) is 12.0. The van der Waals surface area contributed by atoms with E-state index in [0.717, 1.165) is 18.5 Å². The summed E-state index contributed by atoms with van der Waals surface area (Å²) >= 11 is 5.22. The van der Waals surface area contributed by atoms with Gasteiger partial charge in [-0.05, 0) is 66.4 Å². The Morgan fingerprint density at radius 1 is 1.09 bits per heavy atom. The molecule has 0 radical (unpaired) electrons. The van der Waals surface area contributed by atoms with Crippen molar-refractivity contribution in [1.82, 2.24) is 5.32 Å². The van der Waals surface area contributed by atoms with Crippen LogP contribution in [0.1, 0.15) is 28.4 Å². The van der Waals surface area contributed by atoms with E-state index in [2.05, 4.69) is 29.7 Å². The van der Waals surface area contributed by atoms with Crippen molar-refractivity contribution in [2.24, 2.45) is 5.92 Å². The summed E-state index contributed by atoms with van der Waals surface area (Å²) < 4.78 is 0. The standard InChI is InChI=1S/C18H18N2OS/c1-12-9-14-7-8-16(11-15(14)10-12)19-18(22)20-17(21)13-5-3-2-4-6-13/h2-8,11-12H,9-10H2,1H3,(H2,19,20,21,22). The van der Waals surface area contributed by atoms with Gasteiger partial charge in [0.1, 0.15) is 0 Å². The number of fused-ring (bicyclic) bond motifs is 1. The minimum Gasteiger partial charge on any atom is -0.332 e. The van der Waals surface area contributed by atoms with Crippen LogP contribution in [0.5, 0.6) is 0 Å². The summed E-state index contributed by atoms with van der Waals surface area (Å²) in [6.07, 6.45) is 2.25. The van der Waals surface area contributed by atoms with E-state index >= 15 is 0 Å². The van der Waals surface area contributed by atoms with E-state index in [0.29, 0.717) is 16.6 Å². The van der Waals surface area contributed by atoms with E-state index in [1.54, 1.807) is 12.1 Å². The Bertz CT molecular complexity index is 712. The number of nitrogens with one attached hydrogen (secondary N) is 2. The third kappa shape index (κ3) is 3.34. The molecule has 22 heavy (non-hydrogen) atoms. The predicted molar refractivity (Wildman–Crippen MR) is 93.1 cm³/mol. The second-order valence-electron chi connectivity index (χ2n) is 5.77. The molecule has 4 heteroatoms. The van der Waals surface area contributed by atoms with Crippen LogP contribution in [0.2, 0.25) is 0 Å². The molecule has 3 nitrogen and oxygen atoms in total. The van der Waals surface area contributed by atoms with Gasteiger partial charge < -0.3 is 5.32 Å². The number of hydrogen-bond acceptors (Lipinski definition) is 2. The smallest absolute Gasteiger partial charge is 0.257 e. The van der Waals surface area contributed by atoms with Crippen LogP contribution in [0.3, 0.4) is 0 Å². The van der Waals surface area contributed by atoms with E-state index < -0.39 is 0 Å². The van der Waals surface area contributed by atoms with Gasteiger partial charge in [0.2, 0.25) is 0 Å².